The lowest BCUT2D eigenvalue weighted by Crippen LogP contribution is -2.42. The maximum atomic E-state index is 5.65. The Labute approximate surface area is 102 Å². The summed E-state index contributed by atoms with van der Waals surface area (Å²) in [6.45, 7) is 2.46. The molecule has 5 nitrogen and oxygen atoms in total. The molecule has 1 heterocycles. The number of rotatable bonds is 6. The molecule has 2 N–H and O–H groups in total. The Morgan fingerprint density at radius 1 is 1.41 bits per heavy atom. The van der Waals surface area contributed by atoms with Gasteiger partial charge in [-0.2, -0.15) is 5.10 Å². The zero-order valence-electron chi connectivity index (χ0n) is 10.3. The molecule has 1 aliphatic carbocycles. The highest BCUT2D eigenvalue weighted by Gasteiger charge is 2.24. The van der Waals surface area contributed by atoms with Gasteiger partial charge in [0, 0.05) is 31.7 Å². The van der Waals surface area contributed by atoms with Crippen LogP contribution in [0.15, 0.2) is 12.1 Å². The smallest absolute Gasteiger partial charge is 0.233 e. The quantitative estimate of drug-likeness (QED) is 0.791. The molecule has 1 fully saturated rings. The molecule has 0 aromatic carbocycles. The van der Waals surface area contributed by atoms with E-state index in [1.54, 1.807) is 7.11 Å². The highest BCUT2D eigenvalue weighted by molar-refractivity contribution is 5.11. The predicted molar refractivity (Wildman–Crippen MR) is 65.7 cm³/mol. The first kappa shape index (κ1) is 12.3. The molecular weight excluding hydrogens is 216 g/mol. The van der Waals surface area contributed by atoms with Crippen molar-refractivity contribution in [2.45, 2.75) is 31.8 Å². The Bertz CT molecular complexity index is 337. The summed E-state index contributed by atoms with van der Waals surface area (Å²) in [7, 11) is 1.60. The summed E-state index contributed by atoms with van der Waals surface area (Å²) in [4.78, 5) is 2.40. The highest BCUT2D eigenvalue weighted by Crippen LogP contribution is 2.25. The molecule has 5 heteroatoms. The molecule has 0 unspecified atom stereocenters. The predicted octanol–water partition coefficient (Wildman–Crippen LogP) is 0.798. The fourth-order valence-corrected chi connectivity index (χ4v) is 2.06. The van der Waals surface area contributed by atoms with Gasteiger partial charge in [0.05, 0.1) is 12.8 Å². The molecule has 0 bridgehead atoms. The Morgan fingerprint density at radius 2 is 2.24 bits per heavy atom. The van der Waals surface area contributed by atoms with Gasteiger partial charge < -0.3 is 10.5 Å². The third-order valence-electron chi connectivity index (χ3n) is 3.28. The van der Waals surface area contributed by atoms with Crippen LogP contribution in [0.5, 0.6) is 5.88 Å². The molecule has 0 atom stereocenters. The van der Waals surface area contributed by atoms with Gasteiger partial charge in [-0.25, -0.2) is 0 Å². The van der Waals surface area contributed by atoms with Crippen molar-refractivity contribution in [2.75, 3.05) is 20.2 Å². The molecule has 0 spiro atoms. The first-order chi connectivity index (χ1) is 8.33. The molecule has 1 aromatic heterocycles. The molecule has 0 radical (unpaired) electrons. The second-order valence-corrected chi connectivity index (χ2v) is 4.41. The number of aromatic nitrogens is 2. The van der Waals surface area contributed by atoms with Crippen molar-refractivity contribution in [1.82, 2.24) is 15.1 Å². The maximum Gasteiger partial charge on any atom is 0.233 e. The Kier molecular flexibility index (Phi) is 4.28. The topological polar surface area (TPSA) is 64.3 Å². The number of hydrogen-bond donors (Lipinski definition) is 1. The second kappa shape index (κ2) is 5.93. The zero-order valence-corrected chi connectivity index (χ0v) is 10.3. The summed E-state index contributed by atoms with van der Waals surface area (Å²) in [5.41, 5.74) is 6.63. The summed E-state index contributed by atoms with van der Waals surface area (Å²) in [5.74, 6) is 0.558. The van der Waals surface area contributed by atoms with E-state index in [2.05, 4.69) is 15.1 Å². The van der Waals surface area contributed by atoms with Gasteiger partial charge in [0.15, 0.2) is 0 Å². The van der Waals surface area contributed by atoms with Crippen LogP contribution in [-0.4, -0.2) is 41.3 Å². The number of nitrogens with zero attached hydrogens (tertiary/aromatic N) is 3. The van der Waals surface area contributed by atoms with E-state index in [0.29, 0.717) is 18.5 Å². The second-order valence-electron chi connectivity index (χ2n) is 4.41. The summed E-state index contributed by atoms with van der Waals surface area (Å²) in [5, 5.41) is 8.14. The van der Waals surface area contributed by atoms with E-state index in [4.69, 9.17) is 10.5 Å². The van der Waals surface area contributed by atoms with Gasteiger partial charge >= 0.3 is 0 Å². The van der Waals surface area contributed by atoms with Crippen LogP contribution >= 0.6 is 0 Å². The van der Waals surface area contributed by atoms with E-state index in [-0.39, 0.29) is 0 Å². The fraction of sp³-hybridized carbons (Fsp3) is 0.667. The lowest BCUT2D eigenvalue weighted by atomic mass is 9.91. The molecule has 2 rings (SSSR count). The SMILES string of the molecule is COc1ccc(CN(CCN)C2CCC2)nn1. The van der Waals surface area contributed by atoms with Crippen LogP contribution in [0.3, 0.4) is 0 Å². The molecule has 0 saturated heterocycles. The largest absolute Gasteiger partial charge is 0.480 e. The lowest BCUT2D eigenvalue weighted by molar-refractivity contribution is 0.121. The number of methoxy groups -OCH3 is 1. The maximum absolute atomic E-state index is 5.65. The van der Waals surface area contributed by atoms with Crippen LogP contribution in [0.25, 0.3) is 0 Å². The summed E-state index contributed by atoms with van der Waals surface area (Å²) < 4.78 is 4.99. The van der Waals surface area contributed by atoms with E-state index in [1.807, 2.05) is 12.1 Å². The minimum Gasteiger partial charge on any atom is -0.480 e. The van der Waals surface area contributed by atoms with Gasteiger partial charge in [-0.3, -0.25) is 4.90 Å². The van der Waals surface area contributed by atoms with E-state index in [9.17, 15) is 0 Å². The van der Waals surface area contributed by atoms with Gasteiger partial charge in [-0.1, -0.05) is 6.42 Å². The Balaban J connectivity index is 1.95. The standard InChI is InChI=1S/C12H20N4O/c1-17-12-6-5-10(14-15-12)9-16(8-7-13)11-3-2-4-11/h5-6,11H,2-4,7-9,13H2,1H3. The fourth-order valence-electron chi connectivity index (χ4n) is 2.06. The van der Waals surface area contributed by atoms with Crippen LogP contribution in [0.2, 0.25) is 0 Å². The normalized spacial score (nSPS) is 15.9. The lowest BCUT2D eigenvalue weighted by Gasteiger charge is -2.37. The molecule has 94 valence electrons. The van der Waals surface area contributed by atoms with Gasteiger partial charge in [0.1, 0.15) is 0 Å². The third-order valence-corrected chi connectivity index (χ3v) is 3.28. The van der Waals surface area contributed by atoms with Crippen molar-refractivity contribution in [1.29, 1.82) is 0 Å². The van der Waals surface area contributed by atoms with Crippen LogP contribution < -0.4 is 10.5 Å². The average Bonchev–Trinajstić information content (AvgIpc) is 2.28. The molecule has 0 amide bonds. The van der Waals surface area contributed by atoms with Crippen molar-refractivity contribution >= 4 is 0 Å². The zero-order chi connectivity index (χ0) is 12.1. The molecule has 1 saturated carbocycles. The average molecular weight is 236 g/mol. The van der Waals surface area contributed by atoms with Crippen LogP contribution in [0, 0.1) is 0 Å². The minimum absolute atomic E-state index is 0.558. The van der Waals surface area contributed by atoms with Crippen molar-refractivity contribution in [3.63, 3.8) is 0 Å². The van der Waals surface area contributed by atoms with Gasteiger partial charge in [0.25, 0.3) is 0 Å². The van der Waals surface area contributed by atoms with E-state index < -0.39 is 0 Å². The van der Waals surface area contributed by atoms with Gasteiger partial charge in [-0.15, -0.1) is 5.10 Å². The first-order valence-corrected chi connectivity index (χ1v) is 6.14. The molecule has 0 aliphatic heterocycles. The number of nitrogens with two attached hydrogens (primary N) is 1. The van der Waals surface area contributed by atoms with Crippen LogP contribution in [0.1, 0.15) is 25.0 Å². The van der Waals surface area contributed by atoms with Crippen molar-refractivity contribution in [3.8, 4) is 5.88 Å². The Morgan fingerprint density at radius 3 is 2.71 bits per heavy atom. The molecule has 1 aliphatic rings. The van der Waals surface area contributed by atoms with Gasteiger partial charge in [0.2, 0.25) is 5.88 Å². The molecular formula is C12H20N4O. The van der Waals surface area contributed by atoms with Crippen LogP contribution in [-0.2, 0) is 6.54 Å². The van der Waals surface area contributed by atoms with E-state index in [0.717, 1.165) is 18.8 Å². The summed E-state index contributed by atoms with van der Waals surface area (Å²) in [6.07, 6.45) is 3.90. The van der Waals surface area contributed by atoms with E-state index >= 15 is 0 Å². The van der Waals surface area contributed by atoms with Crippen molar-refractivity contribution in [2.24, 2.45) is 5.73 Å². The third kappa shape index (κ3) is 3.14. The summed E-state index contributed by atoms with van der Waals surface area (Å²) in [6, 6.07) is 4.50. The highest BCUT2D eigenvalue weighted by atomic mass is 16.5. The molecule has 1 aromatic rings. The van der Waals surface area contributed by atoms with E-state index in [1.165, 1.54) is 19.3 Å². The van der Waals surface area contributed by atoms with Gasteiger partial charge in [-0.05, 0) is 18.9 Å². The van der Waals surface area contributed by atoms with Crippen molar-refractivity contribution < 1.29 is 4.74 Å². The van der Waals surface area contributed by atoms with Crippen molar-refractivity contribution in [3.05, 3.63) is 17.8 Å². The van der Waals surface area contributed by atoms with Crippen LogP contribution in [0.4, 0.5) is 0 Å². The molecule has 17 heavy (non-hydrogen) atoms. The Hall–Kier alpha value is -1.20. The minimum atomic E-state index is 0.558. The number of hydrogen-bond acceptors (Lipinski definition) is 5. The number of ether oxygens (including phenoxy) is 1. The first-order valence-electron chi connectivity index (χ1n) is 6.14. The monoisotopic (exact) mass is 236 g/mol. The summed E-state index contributed by atoms with van der Waals surface area (Å²) >= 11 is 0.